The van der Waals surface area contributed by atoms with Crippen LogP contribution in [0, 0.1) is 0 Å². The summed E-state index contributed by atoms with van der Waals surface area (Å²) in [5, 5.41) is 11.7. The molecule has 13 heteroatoms. The van der Waals surface area contributed by atoms with Crippen LogP contribution >= 0.6 is 0 Å². The van der Waals surface area contributed by atoms with Gasteiger partial charge in [0.25, 0.3) is 0 Å². The highest BCUT2D eigenvalue weighted by Crippen LogP contribution is 2.38. The number of aliphatic hydroxyl groups is 1. The minimum atomic E-state index is -4.89. The predicted octanol–water partition coefficient (Wildman–Crippen LogP) is 4.49. The number of ether oxygens (including phenoxy) is 1. The van der Waals surface area contributed by atoms with Crippen molar-refractivity contribution < 1.29 is 46.0 Å². The van der Waals surface area contributed by atoms with E-state index in [1.165, 1.54) is 30.1 Å². The van der Waals surface area contributed by atoms with Crippen LogP contribution in [0.4, 0.5) is 26.3 Å². The van der Waals surface area contributed by atoms with Gasteiger partial charge in [0.15, 0.2) is 5.70 Å². The third-order valence-electron chi connectivity index (χ3n) is 5.62. The Morgan fingerprint density at radius 2 is 1.83 bits per heavy atom. The number of quaternary nitrogens is 1. The van der Waals surface area contributed by atoms with E-state index >= 15 is 0 Å². The number of nitrogens with two attached hydrogens (primary N) is 1. The predicted molar refractivity (Wildman–Crippen MR) is 115 cm³/mol. The van der Waals surface area contributed by atoms with E-state index in [1.54, 1.807) is 12.1 Å². The zero-order valence-corrected chi connectivity index (χ0v) is 18.5. The van der Waals surface area contributed by atoms with Gasteiger partial charge >= 0.3 is 18.2 Å². The van der Waals surface area contributed by atoms with Crippen molar-refractivity contribution in [3.8, 4) is 16.9 Å². The second-order valence-corrected chi connectivity index (χ2v) is 8.02. The fourth-order valence-electron chi connectivity index (χ4n) is 3.82. The molecule has 1 unspecified atom stereocenters. The molecule has 1 aromatic heterocycles. The van der Waals surface area contributed by atoms with Crippen molar-refractivity contribution in [3.05, 3.63) is 81.9 Å². The molecule has 3 aromatic rings. The van der Waals surface area contributed by atoms with Gasteiger partial charge in [-0.05, 0) is 41.3 Å². The maximum atomic E-state index is 13.3. The Bertz CT molecular complexity index is 1370. The smallest absolute Gasteiger partial charge is 0.423 e. The van der Waals surface area contributed by atoms with Gasteiger partial charge in [-0.3, -0.25) is 0 Å². The Balaban J connectivity index is 1.64. The Morgan fingerprint density at radius 3 is 2.50 bits per heavy atom. The Labute approximate surface area is 199 Å². The largest absolute Gasteiger partial charge is 0.573 e. The molecule has 0 radical (unpaired) electrons. The molecule has 1 aliphatic rings. The fraction of sp³-hybridized carbons (Fsp3) is 0.261. The van der Waals surface area contributed by atoms with E-state index in [-0.39, 0.29) is 17.7 Å². The van der Waals surface area contributed by atoms with Crippen LogP contribution in [0.25, 0.3) is 27.6 Å². The molecule has 192 valence electrons. The molecule has 3 N–H and O–H groups in total. The van der Waals surface area contributed by atoms with Gasteiger partial charge in [0.1, 0.15) is 11.3 Å². The van der Waals surface area contributed by atoms with Crippen LogP contribution in [0.1, 0.15) is 18.9 Å². The standard InChI is InChI=1S/C23H19F6N3O4/c1-2-21(34,22(24,25)26)19-12-32(31-30-19)11-13-6-7-16-17(10-20(33)35-18(16)8-13)14-4-3-5-15(9-14)36-23(27,28)29/h3-10,12,34H,2,11,30H2,1H3. The first kappa shape index (κ1) is 25.5. The van der Waals surface area contributed by atoms with E-state index in [2.05, 4.69) is 10.3 Å². The average molecular weight is 515 g/mol. The number of nitrogens with zero attached hydrogens (tertiary/aromatic N) is 2. The van der Waals surface area contributed by atoms with E-state index < -0.39 is 41.6 Å². The molecule has 0 fully saturated rings. The van der Waals surface area contributed by atoms with E-state index in [9.17, 15) is 36.2 Å². The number of alkyl halides is 6. The summed E-state index contributed by atoms with van der Waals surface area (Å²) in [5.41, 5.74) is 1.85. The third kappa shape index (κ3) is 5.17. The van der Waals surface area contributed by atoms with E-state index in [0.29, 0.717) is 16.5 Å². The SMILES string of the molecule is CCC(O)(C1=CN(Cc2ccc3c(-c4cccc(OC(F)(F)F)c4)cc(=O)oc3c2)[N-][NH2+]1)C(F)(F)F. The molecule has 1 atom stereocenters. The Morgan fingerprint density at radius 1 is 1.08 bits per heavy atom. The van der Waals surface area contributed by atoms with Crippen molar-refractivity contribution in [3.63, 3.8) is 0 Å². The molecule has 0 saturated heterocycles. The molecule has 0 spiro atoms. The maximum absolute atomic E-state index is 13.3. The average Bonchev–Trinajstić information content (AvgIpc) is 3.24. The van der Waals surface area contributed by atoms with Crippen molar-refractivity contribution in [1.82, 2.24) is 5.01 Å². The lowest BCUT2D eigenvalue weighted by atomic mass is 9.96. The monoisotopic (exact) mass is 515 g/mol. The number of hydrogen-bond donors (Lipinski definition) is 2. The molecular weight excluding hydrogens is 496 g/mol. The highest BCUT2D eigenvalue weighted by atomic mass is 19.4. The van der Waals surface area contributed by atoms with Crippen LogP contribution in [0.3, 0.4) is 0 Å². The highest BCUT2D eigenvalue weighted by Gasteiger charge is 2.57. The summed E-state index contributed by atoms with van der Waals surface area (Å²) in [7, 11) is 0. The molecule has 4 rings (SSSR count). The maximum Gasteiger partial charge on any atom is 0.573 e. The van der Waals surface area contributed by atoms with Gasteiger partial charge in [0.05, 0.1) is 0 Å². The lowest BCUT2D eigenvalue weighted by Gasteiger charge is -2.28. The van der Waals surface area contributed by atoms with Crippen molar-refractivity contribution in [2.75, 3.05) is 0 Å². The molecule has 0 amide bonds. The summed E-state index contributed by atoms with van der Waals surface area (Å²) in [5.74, 6) is -0.460. The van der Waals surface area contributed by atoms with Crippen LogP contribution in [-0.4, -0.2) is 28.3 Å². The summed E-state index contributed by atoms with van der Waals surface area (Å²) in [6.07, 6.45) is -9.29. The molecular formula is C23H19F6N3O4. The van der Waals surface area contributed by atoms with Crippen LogP contribution in [0.15, 0.2) is 69.6 Å². The summed E-state index contributed by atoms with van der Waals surface area (Å²) in [4.78, 5) is 12.2. The fourth-order valence-corrected chi connectivity index (χ4v) is 3.82. The molecule has 2 heterocycles. The quantitative estimate of drug-likeness (QED) is 0.287. The lowest BCUT2D eigenvalue weighted by Crippen LogP contribution is -2.81. The second kappa shape index (κ2) is 9.15. The number of rotatable bonds is 6. The van der Waals surface area contributed by atoms with E-state index in [4.69, 9.17) is 4.42 Å². The third-order valence-corrected chi connectivity index (χ3v) is 5.62. The molecule has 1 aliphatic heterocycles. The van der Waals surface area contributed by atoms with Crippen molar-refractivity contribution in [2.45, 2.75) is 38.0 Å². The Hall–Kier alpha value is -3.55. The molecule has 0 bridgehead atoms. The molecule has 7 nitrogen and oxygen atoms in total. The van der Waals surface area contributed by atoms with Crippen molar-refractivity contribution >= 4 is 11.0 Å². The van der Waals surface area contributed by atoms with Crippen LogP contribution in [0.2, 0.25) is 0 Å². The van der Waals surface area contributed by atoms with E-state index in [1.807, 2.05) is 0 Å². The molecule has 36 heavy (non-hydrogen) atoms. The molecule has 0 saturated carbocycles. The molecule has 0 aliphatic carbocycles. The van der Waals surface area contributed by atoms with Gasteiger partial charge in [-0.2, -0.15) is 13.2 Å². The summed E-state index contributed by atoms with van der Waals surface area (Å²) >= 11 is 0. The van der Waals surface area contributed by atoms with Crippen LogP contribution in [-0.2, 0) is 6.54 Å². The van der Waals surface area contributed by atoms with Crippen LogP contribution in [0.5, 0.6) is 5.75 Å². The number of benzene rings is 2. The zero-order chi connectivity index (χ0) is 26.3. The molecule has 2 aromatic carbocycles. The number of fused-ring (bicyclic) bond motifs is 1. The summed E-state index contributed by atoms with van der Waals surface area (Å²) in [6, 6.07) is 10.9. The van der Waals surface area contributed by atoms with Crippen molar-refractivity contribution in [2.24, 2.45) is 0 Å². The normalized spacial score (nSPS) is 16.2. The highest BCUT2D eigenvalue weighted by molar-refractivity contribution is 5.93. The van der Waals surface area contributed by atoms with Gasteiger partial charge < -0.3 is 30.2 Å². The minimum Gasteiger partial charge on any atom is -0.423 e. The zero-order valence-electron chi connectivity index (χ0n) is 18.5. The van der Waals surface area contributed by atoms with Gasteiger partial charge in [-0.15, -0.1) is 13.2 Å². The van der Waals surface area contributed by atoms with Gasteiger partial charge in [0.2, 0.25) is 5.60 Å². The van der Waals surface area contributed by atoms with Gasteiger partial charge in [-0.1, -0.05) is 31.2 Å². The summed E-state index contributed by atoms with van der Waals surface area (Å²) in [6.45, 7) is 1.20. The first-order valence-electron chi connectivity index (χ1n) is 10.5. The minimum absolute atomic E-state index is 0.00353. The first-order valence-corrected chi connectivity index (χ1v) is 10.5. The number of hydrogen-bond acceptors (Lipinski definition) is 5. The summed E-state index contributed by atoms with van der Waals surface area (Å²) < 4.78 is 87.0. The van der Waals surface area contributed by atoms with Crippen LogP contribution < -0.4 is 15.8 Å². The number of halogens is 6. The van der Waals surface area contributed by atoms with Crippen molar-refractivity contribution in [1.29, 1.82) is 0 Å². The first-order chi connectivity index (χ1) is 16.8. The topological polar surface area (TPSA) is 93.6 Å². The van der Waals surface area contributed by atoms with E-state index in [0.717, 1.165) is 29.8 Å². The second-order valence-electron chi connectivity index (χ2n) is 8.02. The van der Waals surface area contributed by atoms with Gasteiger partial charge in [-0.25, -0.2) is 4.79 Å². The Kier molecular flexibility index (Phi) is 6.49. The van der Waals surface area contributed by atoms with Gasteiger partial charge in [0, 0.05) is 24.2 Å². The lowest BCUT2D eigenvalue weighted by molar-refractivity contribution is -0.579.